The Balaban J connectivity index is 1.68. The third-order valence-electron chi connectivity index (χ3n) is 3.89. The number of anilines is 1. The second kappa shape index (κ2) is 6.43. The van der Waals surface area contributed by atoms with Gasteiger partial charge in [0, 0.05) is 31.6 Å². The van der Waals surface area contributed by atoms with Gasteiger partial charge in [-0.15, -0.1) is 0 Å². The van der Waals surface area contributed by atoms with Crippen molar-refractivity contribution in [2.45, 2.75) is 12.3 Å². The van der Waals surface area contributed by atoms with E-state index in [-0.39, 0.29) is 6.03 Å². The Morgan fingerprint density at radius 3 is 2.41 bits per heavy atom. The molecule has 1 aliphatic heterocycles. The molecule has 1 heterocycles. The van der Waals surface area contributed by atoms with Crippen LogP contribution in [0.1, 0.15) is 17.9 Å². The quantitative estimate of drug-likeness (QED) is 0.916. The van der Waals surface area contributed by atoms with Crippen LogP contribution in [0.15, 0.2) is 65.7 Å². The fourth-order valence-corrected chi connectivity index (χ4v) is 2.75. The molecule has 1 atom stereocenters. The molecular weight excluding hydrogens is 274 g/mol. The van der Waals surface area contributed by atoms with E-state index < -0.39 is 0 Å². The minimum Gasteiger partial charge on any atom is -0.362 e. The number of nitrogens with zero attached hydrogens (tertiary/aromatic N) is 2. The van der Waals surface area contributed by atoms with Crippen LogP contribution in [0.25, 0.3) is 0 Å². The van der Waals surface area contributed by atoms with Crippen LogP contribution < -0.4 is 5.32 Å². The zero-order valence-electron chi connectivity index (χ0n) is 12.6. The number of hydrogen-bond donors (Lipinski definition) is 1. The molecule has 1 unspecified atom stereocenters. The number of amides is 2. The maximum atomic E-state index is 12.0. The van der Waals surface area contributed by atoms with E-state index >= 15 is 0 Å². The van der Waals surface area contributed by atoms with Crippen LogP contribution in [-0.2, 0) is 0 Å². The second-order valence-electron chi connectivity index (χ2n) is 5.52. The lowest BCUT2D eigenvalue weighted by Gasteiger charge is -2.12. The van der Waals surface area contributed by atoms with E-state index in [2.05, 4.69) is 27.3 Å². The van der Waals surface area contributed by atoms with Gasteiger partial charge in [0.25, 0.3) is 0 Å². The fraction of sp³-hybridized carbons (Fsp3) is 0.222. The van der Waals surface area contributed by atoms with Crippen molar-refractivity contribution in [1.82, 2.24) is 4.90 Å². The summed E-state index contributed by atoms with van der Waals surface area (Å²) in [7, 11) is 1.98. The van der Waals surface area contributed by atoms with Crippen LogP contribution in [0.5, 0.6) is 0 Å². The Morgan fingerprint density at radius 2 is 1.73 bits per heavy atom. The highest BCUT2D eigenvalue weighted by atomic mass is 16.2. The predicted octanol–water partition coefficient (Wildman–Crippen LogP) is 3.74. The summed E-state index contributed by atoms with van der Waals surface area (Å²) >= 11 is 0. The van der Waals surface area contributed by atoms with Crippen molar-refractivity contribution in [2.24, 2.45) is 4.99 Å². The third kappa shape index (κ3) is 3.34. The Kier molecular flexibility index (Phi) is 4.19. The van der Waals surface area contributed by atoms with E-state index in [1.54, 1.807) is 0 Å². The largest absolute Gasteiger partial charge is 0.362 e. The first-order chi connectivity index (χ1) is 10.7. The highest BCUT2D eigenvalue weighted by Gasteiger charge is 2.27. The SMILES string of the molecule is CN1CC(c2ccccc2)CC1=NC(=O)Nc1ccccc1. The minimum absolute atomic E-state index is 0.318. The van der Waals surface area contributed by atoms with E-state index in [1.807, 2.05) is 55.6 Å². The molecule has 4 heteroatoms. The fourth-order valence-electron chi connectivity index (χ4n) is 2.75. The van der Waals surface area contributed by atoms with Gasteiger partial charge in [-0.25, -0.2) is 4.79 Å². The normalized spacial score (nSPS) is 19.4. The zero-order valence-corrected chi connectivity index (χ0v) is 12.6. The number of rotatable bonds is 2. The Hall–Kier alpha value is -2.62. The van der Waals surface area contributed by atoms with Gasteiger partial charge >= 0.3 is 6.03 Å². The Bertz CT molecular complexity index is 667. The second-order valence-corrected chi connectivity index (χ2v) is 5.52. The van der Waals surface area contributed by atoms with Gasteiger partial charge < -0.3 is 10.2 Å². The monoisotopic (exact) mass is 293 g/mol. The number of carbonyl (C=O) groups excluding carboxylic acids is 1. The molecule has 1 N–H and O–H groups in total. The van der Waals surface area contributed by atoms with Crippen LogP contribution in [0.2, 0.25) is 0 Å². The summed E-state index contributed by atoms with van der Waals surface area (Å²) < 4.78 is 0. The number of likely N-dealkylation sites (N-methyl/N-ethyl adjacent to an activating group) is 1. The van der Waals surface area contributed by atoms with Crippen LogP contribution in [0.3, 0.4) is 0 Å². The maximum Gasteiger partial charge on any atom is 0.347 e. The van der Waals surface area contributed by atoms with Crippen molar-refractivity contribution in [2.75, 3.05) is 18.9 Å². The van der Waals surface area contributed by atoms with Crippen molar-refractivity contribution in [3.05, 3.63) is 66.2 Å². The van der Waals surface area contributed by atoms with E-state index in [0.717, 1.165) is 24.5 Å². The minimum atomic E-state index is -0.318. The summed E-state index contributed by atoms with van der Waals surface area (Å²) in [6.45, 7) is 0.890. The number of urea groups is 1. The van der Waals surface area contributed by atoms with Crippen molar-refractivity contribution in [1.29, 1.82) is 0 Å². The average Bonchev–Trinajstić information content (AvgIpc) is 2.90. The first-order valence-corrected chi connectivity index (χ1v) is 7.42. The molecule has 3 rings (SSSR count). The van der Waals surface area contributed by atoms with Gasteiger partial charge in [-0.05, 0) is 17.7 Å². The number of benzene rings is 2. The summed E-state index contributed by atoms with van der Waals surface area (Å²) in [6, 6.07) is 19.4. The number of nitrogens with one attached hydrogen (secondary N) is 1. The number of aliphatic imine (C=N–C) groups is 1. The van der Waals surface area contributed by atoms with Gasteiger partial charge in [-0.3, -0.25) is 0 Å². The molecule has 112 valence electrons. The van der Waals surface area contributed by atoms with Gasteiger partial charge in [0.1, 0.15) is 5.84 Å². The predicted molar refractivity (Wildman–Crippen MR) is 89.3 cm³/mol. The summed E-state index contributed by atoms with van der Waals surface area (Å²) in [6.07, 6.45) is 0.794. The number of likely N-dealkylation sites (tertiary alicyclic amines) is 1. The lowest BCUT2D eigenvalue weighted by molar-refractivity contribution is 0.259. The molecule has 0 bridgehead atoms. The van der Waals surface area contributed by atoms with Gasteiger partial charge in [-0.2, -0.15) is 4.99 Å². The Labute approximate surface area is 130 Å². The maximum absolute atomic E-state index is 12.0. The Morgan fingerprint density at radius 1 is 1.09 bits per heavy atom. The van der Waals surface area contributed by atoms with E-state index in [9.17, 15) is 4.79 Å². The standard InChI is InChI=1S/C18H19N3O/c1-21-13-15(14-8-4-2-5-9-14)12-17(21)20-18(22)19-16-10-6-3-7-11-16/h2-11,15H,12-13H2,1H3,(H,19,22). The summed E-state index contributed by atoms with van der Waals surface area (Å²) in [5.41, 5.74) is 2.06. The molecule has 0 aromatic heterocycles. The molecule has 22 heavy (non-hydrogen) atoms. The smallest absolute Gasteiger partial charge is 0.347 e. The molecule has 1 aliphatic rings. The molecule has 0 radical (unpaired) electrons. The summed E-state index contributed by atoms with van der Waals surface area (Å²) in [5.74, 6) is 1.23. The van der Waals surface area contributed by atoms with Gasteiger partial charge in [0.15, 0.2) is 0 Å². The average molecular weight is 293 g/mol. The highest BCUT2D eigenvalue weighted by molar-refractivity contribution is 6.00. The highest BCUT2D eigenvalue weighted by Crippen LogP contribution is 2.27. The van der Waals surface area contributed by atoms with Crippen molar-refractivity contribution < 1.29 is 4.79 Å². The molecule has 2 amide bonds. The van der Waals surface area contributed by atoms with Crippen LogP contribution in [0.4, 0.5) is 10.5 Å². The van der Waals surface area contributed by atoms with E-state index in [4.69, 9.17) is 0 Å². The van der Waals surface area contributed by atoms with Gasteiger partial charge in [0.2, 0.25) is 0 Å². The van der Waals surface area contributed by atoms with Gasteiger partial charge in [0.05, 0.1) is 0 Å². The molecule has 0 saturated carbocycles. The molecular formula is C18H19N3O. The van der Waals surface area contributed by atoms with E-state index in [1.165, 1.54) is 5.56 Å². The number of carbonyl (C=O) groups is 1. The first-order valence-electron chi connectivity index (χ1n) is 7.42. The molecule has 1 saturated heterocycles. The van der Waals surface area contributed by atoms with Crippen LogP contribution >= 0.6 is 0 Å². The molecule has 0 spiro atoms. The molecule has 1 fully saturated rings. The lowest BCUT2D eigenvalue weighted by atomic mass is 9.98. The first kappa shape index (κ1) is 14.3. The van der Waals surface area contributed by atoms with Crippen LogP contribution in [-0.4, -0.2) is 30.4 Å². The number of amidine groups is 1. The summed E-state index contributed by atoms with van der Waals surface area (Å²) in [4.78, 5) is 18.3. The van der Waals surface area contributed by atoms with Crippen molar-refractivity contribution in [3.63, 3.8) is 0 Å². The molecule has 2 aromatic carbocycles. The topological polar surface area (TPSA) is 44.7 Å². The molecule has 4 nitrogen and oxygen atoms in total. The number of para-hydroxylation sites is 1. The number of hydrogen-bond acceptors (Lipinski definition) is 1. The van der Waals surface area contributed by atoms with Crippen LogP contribution in [0, 0.1) is 0 Å². The van der Waals surface area contributed by atoms with Gasteiger partial charge in [-0.1, -0.05) is 48.5 Å². The van der Waals surface area contributed by atoms with Crippen molar-refractivity contribution in [3.8, 4) is 0 Å². The van der Waals surface area contributed by atoms with Crippen molar-refractivity contribution >= 4 is 17.6 Å². The summed E-state index contributed by atoms with van der Waals surface area (Å²) in [5, 5.41) is 2.79. The lowest BCUT2D eigenvalue weighted by Crippen LogP contribution is -2.22. The van der Waals surface area contributed by atoms with E-state index in [0.29, 0.717) is 5.92 Å². The third-order valence-corrected chi connectivity index (χ3v) is 3.89. The molecule has 2 aromatic rings. The molecule has 0 aliphatic carbocycles. The zero-order chi connectivity index (χ0) is 15.4.